The first-order chi connectivity index (χ1) is 13.8. The zero-order chi connectivity index (χ0) is 19.2. The van der Waals surface area contributed by atoms with Crippen LogP contribution in [0.1, 0.15) is 42.4 Å². The molecular weight excluding hydrogens is 342 g/mol. The topological polar surface area (TPSA) is 20.3 Å². The standard InChI is InChI=1S/C26H27NO/c28-25(26(18-10-11-19-26)24-16-8-3-9-17-24)27(20-22-12-4-1-5-13-22)21-23-14-6-2-7-15-23/h1-9,12-17H,10-11,18-21H2. The van der Waals surface area contributed by atoms with Crippen molar-refractivity contribution in [2.75, 3.05) is 0 Å². The zero-order valence-corrected chi connectivity index (χ0v) is 16.3. The van der Waals surface area contributed by atoms with Crippen LogP contribution < -0.4 is 0 Å². The van der Waals surface area contributed by atoms with E-state index < -0.39 is 0 Å². The van der Waals surface area contributed by atoms with Crippen LogP contribution in [0, 0.1) is 0 Å². The molecule has 0 unspecified atom stereocenters. The third-order valence-electron chi connectivity index (χ3n) is 5.91. The second-order valence-electron chi connectivity index (χ2n) is 7.79. The Morgan fingerprint density at radius 1 is 0.679 bits per heavy atom. The summed E-state index contributed by atoms with van der Waals surface area (Å²) in [6, 6.07) is 31.1. The number of nitrogens with zero attached hydrogens (tertiary/aromatic N) is 1. The van der Waals surface area contributed by atoms with E-state index in [1.54, 1.807) is 0 Å². The van der Waals surface area contributed by atoms with E-state index in [2.05, 4.69) is 53.4 Å². The average Bonchev–Trinajstić information content (AvgIpc) is 3.26. The fourth-order valence-corrected chi connectivity index (χ4v) is 4.47. The van der Waals surface area contributed by atoms with E-state index in [0.29, 0.717) is 13.1 Å². The van der Waals surface area contributed by atoms with E-state index in [0.717, 1.165) is 25.7 Å². The summed E-state index contributed by atoms with van der Waals surface area (Å²) in [6.07, 6.45) is 4.11. The number of hydrogen-bond donors (Lipinski definition) is 0. The Bertz CT molecular complexity index is 842. The van der Waals surface area contributed by atoms with Crippen molar-refractivity contribution in [2.24, 2.45) is 0 Å². The molecule has 0 radical (unpaired) electrons. The highest BCUT2D eigenvalue weighted by Gasteiger charge is 2.44. The summed E-state index contributed by atoms with van der Waals surface area (Å²) in [4.78, 5) is 16.1. The van der Waals surface area contributed by atoms with E-state index >= 15 is 0 Å². The Kier molecular flexibility index (Phi) is 5.57. The van der Waals surface area contributed by atoms with Crippen LogP contribution in [-0.4, -0.2) is 10.8 Å². The Labute approximate surface area is 167 Å². The molecule has 1 saturated carbocycles. The summed E-state index contributed by atoms with van der Waals surface area (Å²) in [7, 11) is 0. The normalized spacial score (nSPS) is 15.3. The monoisotopic (exact) mass is 369 g/mol. The lowest BCUT2D eigenvalue weighted by molar-refractivity contribution is -0.138. The van der Waals surface area contributed by atoms with Crippen molar-refractivity contribution in [3.8, 4) is 0 Å². The van der Waals surface area contributed by atoms with Gasteiger partial charge in [-0.3, -0.25) is 4.79 Å². The predicted molar refractivity (Wildman–Crippen MR) is 114 cm³/mol. The van der Waals surface area contributed by atoms with Gasteiger partial charge in [0.15, 0.2) is 0 Å². The van der Waals surface area contributed by atoms with Gasteiger partial charge in [-0.15, -0.1) is 0 Å². The van der Waals surface area contributed by atoms with Gasteiger partial charge in [0.1, 0.15) is 0 Å². The summed E-state index contributed by atoms with van der Waals surface area (Å²) in [5.74, 6) is 0.268. The maximum absolute atomic E-state index is 14.0. The summed E-state index contributed by atoms with van der Waals surface area (Å²) < 4.78 is 0. The number of carbonyl (C=O) groups excluding carboxylic acids is 1. The molecule has 1 fully saturated rings. The highest BCUT2D eigenvalue weighted by atomic mass is 16.2. The fraction of sp³-hybridized carbons (Fsp3) is 0.269. The molecule has 142 valence electrons. The van der Waals surface area contributed by atoms with Gasteiger partial charge < -0.3 is 4.90 Å². The van der Waals surface area contributed by atoms with Gasteiger partial charge >= 0.3 is 0 Å². The molecule has 28 heavy (non-hydrogen) atoms. The molecule has 2 heteroatoms. The van der Waals surface area contributed by atoms with Crippen LogP contribution in [0.5, 0.6) is 0 Å². The Balaban J connectivity index is 1.68. The van der Waals surface area contributed by atoms with Crippen LogP contribution in [0.2, 0.25) is 0 Å². The first-order valence-corrected chi connectivity index (χ1v) is 10.2. The second kappa shape index (κ2) is 8.43. The summed E-state index contributed by atoms with van der Waals surface area (Å²) in [5.41, 5.74) is 3.13. The largest absolute Gasteiger partial charge is 0.333 e. The lowest BCUT2D eigenvalue weighted by atomic mass is 9.77. The molecule has 0 saturated heterocycles. The van der Waals surface area contributed by atoms with E-state index in [1.807, 2.05) is 42.5 Å². The number of carbonyl (C=O) groups is 1. The van der Waals surface area contributed by atoms with Gasteiger partial charge in [-0.25, -0.2) is 0 Å². The quantitative estimate of drug-likeness (QED) is 0.543. The minimum Gasteiger partial charge on any atom is -0.333 e. The van der Waals surface area contributed by atoms with Crippen LogP contribution >= 0.6 is 0 Å². The van der Waals surface area contributed by atoms with Gasteiger partial charge in [0.2, 0.25) is 5.91 Å². The molecule has 0 spiro atoms. The number of benzene rings is 3. The molecule has 0 N–H and O–H groups in total. The number of hydrogen-bond acceptors (Lipinski definition) is 1. The number of amides is 1. The predicted octanol–water partition coefficient (Wildman–Crippen LogP) is 5.73. The average molecular weight is 370 g/mol. The van der Waals surface area contributed by atoms with Gasteiger partial charge in [-0.05, 0) is 29.5 Å². The highest BCUT2D eigenvalue weighted by molar-refractivity contribution is 5.88. The van der Waals surface area contributed by atoms with Crippen molar-refractivity contribution in [1.82, 2.24) is 4.90 Å². The van der Waals surface area contributed by atoms with E-state index in [9.17, 15) is 4.79 Å². The van der Waals surface area contributed by atoms with Gasteiger partial charge in [0.05, 0.1) is 5.41 Å². The molecule has 0 heterocycles. The Morgan fingerprint density at radius 3 is 1.57 bits per heavy atom. The molecule has 0 aliphatic heterocycles. The molecule has 0 aromatic heterocycles. The van der Waals surface area contributed by atoms with Crippen LogP contribution in [0.25, 0.3) is 0 Å². The Hall–Kier alpha value is -2.87. The lowest BCUT2D eigenvalue weighted by Crippen LogP contribution is -2.44. The minimum atomic E-state index is -0.384. The molecule has 1 aliphatic rings. The molecule has 0 bridgehead atoms. The van der Waals surface area contributed by atoms with E-state index in [4.69, 9.17) is 0 Å². The van der Waals surface area contributed by atoms with Crippen molar-refractivity contribution >= 4 is 5.91 Å². The van der Waals surface area contributed by atoms with Crippen LogP contribution in [0.4, 0.5) is 0 Å². The number of rotatable bonds is 6. The van der Waals surface area contributed by atoms with Crippen molar-refractivity contribution in [3.63, 3.8) is 0 Å². The maximum Gasteiger partial charge on any atom is 0.233 e. The molecule has 4 rings (SSSR count). The molecule has 2 nitrogen and oxygen atoms in total. The summed E-state index contributed by atoms with van der Waals surface area (Å²) in [6.45, 7) is 1.28. The van der Waals surface area contributed by atoms with E-state index in [1.165, 1.54) is 16.7 Å². The molecule has 1 amide bonds. The highest BCUT2D eigenvalue weighted by Crippen LogP contribution is 2.43. The molecular formula is C26H27NO. The molecule has 3 aromatic rings. The smallest absolute Gasteiger partial charge is 0.233 e. The third kappa shape index (κ3) is 3.87. The summed E-state index contributed by atoms with van der Waals surface area (Å²) in [5, 5.41) is 0. The second-order valence-corrected chi connectivity index (χ2v) is 7.79. The summed E-state index contributed by atoms with van der Waals surface area (Å²) >= 11 is 0. The third-order valence-corrected chi connectivity index (χ3v) is 5.91. The SMILES string of the molecule is O=C(N(Cc1ccccc1)Cc1ccccc1)C1(c2ccccc2)CCCC1. The van der Waals surface area contributed by atoms with Gasteiger partial charge in [0.25, 0.3) is 0 Å². The van der Waals surface area contributed by atoms with Crippen molar-refractivity contribution in [1.29, 1.82) is 0 Å². The maximum atomic E-state index is 14.0. The van der Waals surface area contributed by atoms with E-state index in [-0.39, 0.29) is 11.3 Å². The van der Waals surface area contributed by atoms with Gasteiger partial charge in [-0.1, -0.05) is 104 Å². The molecule has 0 atom stereocenters. The fourth-order valence-electron chi connectivity index (χ4n) is 4.47. The van der Waals surface area contributed by atoms with Crippen LogP contribution in [0.15, 0.2) is 91.0 Å². The zero-order valence-electron chi connectivity index (χ0n) is 16.3. The lowest BCUT2D eigenvalue weighted by Gasteiger charge is -2.35. The first-order valence-electron chi connectivity index (χ1n) is 10.2. The molecule has 1 aliphatic carbocycles. The van der Waals surface area contributed by atoms with Crippen LogP contribution in [-0.2, 0) is 23.3 Å². The Morgan fingerprint density at radius 2 is 1.11 bits per heavy atom. The van der Waals surface area contributed by atoms with Crippen molar-refractivity contribution in [3.05, 3.63) is 108 Å². The van der Waals surface area contributed by atoms with Crippen molar-refractivity contribution < 1.29 is 4.79 Å². The van der Waals surface area contributed by atoms with Crippen molar-refractivity contribution in [2.45, 2.75) is 44.2 Å². The van der Waals surface area contributed by atoms with Crippen LogP contribution in [0.3, 0.4) is 0 Å². The first kappa shape index (κ1) is 18.5. The van der Waals surface area contributed by atoms with Gasteiger partial charge in [-0.2, -0.15) is 0 Å². The van der Waals surface area contributed by atoms with Gasteiger partial charge in [0, 0.05) is 13.1 Å². The minimum absolute atomic E-state index is 0.268. The molecule has 3 aromatic carbocycles.